The van der Waals surface area contributed by atoms with E-state index in [0.717, 1.165) is 16.3 Å². The Morgan fingerprint density at radius 3 is 2.70 bits per heavy atom. The number of imide groups is 1. The van der Waals surface area contributed by atoms with Crippen molar-refractivity contribution in [3.63, 3.8) is 0 Å². The maximum atomic E-state index is 12.0. The van der Waals surface area contributed by atoms with Gasteiger partial charge in [0.25, 0.3) is 0 Å². The van der Waals surface area contributed by atoms with Crippen molar-refractivity contribution in [3.8, 4) is 0 Å². The molecule has 0 spiro atoms. The van der Waals surface area contributed by atoms with Crippen molar-refractivity contribution in [1.29, 1.82) is 0 Å². The lowest BCUT2D eigenvalue weighted by molar-refractivity contribution is -0.134. The van der Waals surface area contributed by atoms with Crippen molar-refractivity contribution in [2.75, 3.05) is 0 Å². The Hall–Kier alpha value is -2.17. The summed E-state index contributed by atoms with van der Waals surface area (Å²) >= 11 is 0. The highest BCUT2D eigenvalue weighted by Gasteiger charge is 2.30. The molecule has 0 aliphatic carbocycles. The second kappa shape index (κ2) is 5.86. The number of piperidine rings is 1. The smallest absolute Gasteiger partial charge is 0.235 e. The second-order valence-corrected chi connectivity index (χ2v) is 4.79. The van der Waals surface area contributed by atoms with Crippen LogP contribution in [0.3, 0.4) is 0 Å². The van der Waals surface area contributed by atoms with Crippen molar-refractivity contribution in [3.05, 3.63) is 28.4 Å². The molecule has 0 aromatic carbocycles. The third-order valence-electron chi connectivity index (χ3n) is 3.46. The molecule has 0 saturated carbocycles. The maximum absolute atomic E-state index is 12.0. The number of nitrogens with one attached hydrogen (secondary N) is 1. The van der Waals surface area contributed by atoms with Gasteiger partial charge in [-0.2, -0.15) is 5.10 Å². The summed E-state index contributed by atoms with van der Waals surface area (Å²) in [5.41, 5.74) is 0.746. The SMILES string of the molecule is C\C=C/C=c1\c(=C/C)c(C2CCC(=O)NC2=O)nn1C. The molecule has 1 saturated heterocycles. The molecule has 1 N–H and O–H groups in total. The zero-order valence-corrected chi connectivity index (χ0v) is 12.0. The zero-order chi connectivity index (χ0) is 14.7. The van der Waals surface area contributed by atoms with E-state index < -0.39 is 0 Å². The van der Waals surface area contributed by atoms with Crippen LogP contribution in [0.15, 0.2) is 12.2 Å². The fourth-order valence-corrected chi connectivity index (χ4v) is 2.47. The fourth-order valence-electron chi connectivity index (χ4n) is 2.47. The predicted octanol–water partition coefficient (Wildman–Crippen LogP) is 0.0973. The third kappa shape index (κ3) is 2.57. The average molecular weight is 273 g/mol. The molecule has 0 radical (unpaired) electrons. The fraction of sp³-hybridized carbons (Fsp3) is 0.400. The Morgan fingerprint density at radius 2 is 2.10 bits per heavy atom. The topological polar surface area (TPSA) is 64.0 Å². The van der Waals surface area contributed by atoms with E-state index in [4.69, 9.17) is 0 Å². The predicted molar refractivity (Wildman–Crippen MR) is 77.0 cm³/mol. The van der Waals surface area contributed by atoms with Crippen LogP contribution in [-0.2, 0) is 16.6 Å². The minimum absolute atomic E-state index is 0.204. The van der Waals surface area contributed by atoms with Gasteiger partial charge in [0.1, 0.15) is 0 Å². The van der Waals surface area contributed by atoms with Crippen LogP contribution in [0.4, 0.5) is 0 Å². The number of amides is 2. The lowest BCUT2D eigenvalue weighted by Gasteiger charge is -2.18. The Labute approximate surface area is 117 Å². The van der Waals surface area contributed by atoms with Crippen LogP contribution in [0.25, 0.3) is 12.2 Å². The van der Waals surface area contributed by atoms with Gasteiger partial charge in [-0.3, -0.25) is 19.6 Å². The maximum Gasteiger partial charge on any atom is 0.235 e. The minimum Gasteiger partial charge on any atom is -0.296 e. The molecule has 1 aliphatic rings. The molecule has 1 atom stereocenters. The monoisotopic (exact) mass is 273 g/mol. The van der Waals surface area contributed by atoms with Crippen molar-refractivity contribution < 1.29 is 9.59 Å². The molecule has 106 valence electrons. The van der Waals surface area contributed by atoms with Gasteiger partial charge in [0.05, 0.1) is 17.0 Å². The number of allylic oxidation sites excluding steroid dienone is 2. The molecular weight excluding hydrogens is 254 g/mol. The molecule has 5 heteroatoms. The van der Waals surface area contributed by atoms with E-state index in [1.165, 1.54) is 0 Å². The summed E-state index contributed by atoms with van der Waals surface area (Å²) in [5, 5.41) is 8.79. The van der Waals surface area contributed by atoms with Crippen molar-refractivity contribution in [1.82, 2.24) is 15.1 Å². The Kier molecular flexibility index (Phi) is 4.17. The Balaban J connectivity index is 2.54. The molecule has 1 aromatic heterocycles. The van der Waals surface area contributed by atoms with Gasteiger partial charge >= 0.3 is 0 Å². The normalized spacial score (nSPS) is 21.9. The molecule has 2 heterocycles. The summed E-state index contributed by atoms with van der Waals surface area (Å²) in [6.45, 7) is 3.88. The number of aromatic nitrogens is 2. The van der Waals surface area contributed by atoms with E-state index in [1.54, 1.807) is 4.68 Å². The second-order valence-electron chi connectivity index (χ2n) is 4.79. The molecule has 1 aromatic rings. The Bertz CT molecular complexity index is 683. The van der Waals surface area contributed by atoms with Gasteiger partial charge in [0.15, 0.2) is 0 Å². The number of rotatable bonds is 2. The van der Waals surface area contributed by atoms with Gasteiger partial charge in [-0.05, 0) is 26.3 Å². The van der Waals surface area contributed by atoms with Crippen LogP contribution in [0.5, 0.6) is 0 Å². The number of nitrogens with zero attached hydrogens (tertiary/aromatic N) is 2. The average Bonchev–Trinajstić information content (AvgIpc) is 2.72. The first kappa shape index (κ1) is 14.2. The number of carbonyl (C=O) groups excluding carboxylic acids is 2. The summed E-state index contributed by atoms with van der Waals surface area (Å²) in [5.74, 6) is -0.803. The lowest BCUT2D eigenvalue weighted by Crippen LogP contribution is -2.41. The molecule has 1 fully saturated rings. The quantitative estimate of drug-likeness (QED) is 0.777. The summed E-state index contributed by atoms with van der Waals surface area (Å²) in [7, 11) is 1.86. The van der Waals surface area contributed by atoms with Gasteiger partial charge in [-0.15, -0.1) is 0 Å². The zero-order valence-electron chi connectivity index (χ0n) is 12.0. The largest absolute Gasteiger partial charge is 0.296 e. The molecule has 1 unspecified atom stereocenters. The van der Waals surface area contributed by atoms with E-state index >= 15 is 0 Å². The van der Waals surface area contributed by atoms with Gasteiger partial charge in [0, 0.05) is 18.7 Å². The summed E-state index contributed by atoms with van der Waals surface area (Å²) in [6, 6.07) is 0. The molecule has 2 amide bonds. The van der Waals surface area contributed by atoms with Crippen LogP contribution in [-0.4, -0.2) is 21.6 Å². The highest BCUT2D eigenvalue weighted by Crippen LogP contribution is 2.20. The number of aryl methyl sites for hydroxylation is 1. The summed E-state index contributed by atoms with van der Waals surface area (Å²) < 4.78 is 1.77. The molecular formula is C15H19N3O2. The molecule has 2 rings (SSSR count). The van der Waals surface area contributed by atoms with Crippen LogP contribution in [0.2, 0.25) is 0 Å². The van der Waals surface area contributed by atoms with Crippen LogP contribution < -0.4 is 15.9 Å². The van der Waals surface area contributed by atoms with E-state index in [1.807, 2.05) is 45.2 Å². The molecule has 5 nitrogen and oxygen atoms in total. The van der Waals surface area contributed by atoms with E-state index in [2.05, 4.69) is 10.4 Å². The summed E-state index contributed by atoms with van der Waals surface area (Å²) in [6.07, 6.45) is 8.70. The first-order chi connectivity index (χ1) is 9.58. The first-order valence-corrected chi connectivity index (χ1v) is 6.74. The van der Waals surface area contributed by atoms with Crippen LogP contribution in [0, 0.1) is 0 Å². The number of hydrogen-bond donors (Lipinski definition) is 1. The minimum atomic E-state index is -0.349. The van der Waals surface area contributed by atoms with Crippen LogP contribution in [0.1, 0.15) is 38.3 Å². The number of hydrogen-bond acceptors (Lipinski definition) is 3. The number of carbonyl (C=O) groups is 2. The van der Waals surface area contributed by atoms with Crippen molar-refractivity contribution >= 4 is 24.0 Å². The third-order valence-corrected chi connectivity index (χ3v) is 3.46. The molecule has 1 aliphatic heterocycles. The van der Waals surface area contributed by atoms with E-state index in [-0.39, 0.29) is 17.7 Å². The van der Waals surface area contributed by atoms with Gasteiger partial charge in [-0.25, -0.2) is 0 Å². The van der Waals surface area contributed by atoms with E-state index in [9.17, 15) is 9.59 Å². The lowest BCUT2D eigenvalue weighted by atomic mass is 9.94. The van der Waals surface area contributed by atoms with Crippen molar-refractivity contribution in [2.24, 2.45) is 7.05 Å². The van der Waals surface area contributed by atoms with Crippen LogP contribution >= 0.6 is 0 Å². The molecule has 20 heavy (non-hydrogen) atoms. The van der Waals surface area contributed by atoms with Gasteiger partial charge in [-0.1, -0.05) is 18.2 Å². The van der Waals surface area contributed by atoms with Crippen molar-refractivity contribution in [2.45, 2.75) is 32.6 Å². The molecule has 0 bridgehead atoms. The highest BCUT2D eigenvalue weighted by molar-refractivity contribution is 6.00. The van der Waals surface area contributed by atoms with E-state index in [0.29, 0.717) is 12.8 Å². The highest BCUT2D eigenvalue weighted by atomic mass is 16.2. The first-order valence-electron chi connectivity index (χ1n) is 6.74. The van der Waals surface area contributed by atoms with Gasteiger partial charge < -0.3 is 0 Å². The van der Waals surface area contributed by atoms with Gasteiger partial charge in [0.2, 0.25) is 11.8 Å². The Morgan fingerprint density at radius 1 is 1.35 bits per heavy atom. The standard InChI is InChI=1S/C15H19N3O2/c1-4-6-7-12-10(5-2)14(17-18(12)3)11-8-9-13(19)16-15(11)20/h4-7,11H,8-9H2,1-3H3,(H,16,19,20)/b6-4-,10-5+,12-7+. The summed E-state index contributed by atoms with van der Waals surface area (Å²) in [4.78, 5) is 23.2.